The number of hydrogen-bond donors (Lipinski definition) is 2. The Morgan fingerprint density at radius 3 is 2.42 bits per heavy atom. The van der Waals surface area contributed by atoms with Crippen LogP contribution in [-0.2, 0) is 0 Å². The quantitative estimate of drug-likeness (QED) is 0.331. The third-order valence-corrected chi connectivity index (χ3v) is 3.94. The molecular formula is C21H21N3O2. The average molecular weight is 347 g/mol. The predicted molar refractivity (Wildman–Crippen MR) is 105 cm³/mol. The maximum atomic E-state index is 12.6. The Labute approximate surface area is 153 Å². The molecule has 2 rings (SSSR count). The molecule has 0 atom stereocenters. The van der Waals surface area contributed by atoms with E-state index < -0.39 is 0 Å². The van der Waals surface area contributed by atoms with Gasteiger partial charge in [-0.3, -0.25) is 15.0 Å². The second-order valence-corrected chi connectivity index (χ2v) is 5.69. The zero-order valence-electron chi connectivity index (χ0n) is 14.7. The molecule has 0 aromatic heterocycles. The Balaban J connectivity index is 2.15. The number of benzene rings is 2. The van der Waals surface area contributed by atoms with Crippen molar-refractivity contribution in [3.8, 4) is 0 Å². The molecule has 1 amide bonds. The van der Waals surface area contributed by atoms with E-state index in [0.717, 1.165) is 0 Å². The Kier molecular flexibility index (Phi) is 6.22. The normalized spacial score (nSPS) is 9.88. The fraction of sp³-hybridized carbons (Fsp3) is 0.0952. The van der Waals surface area contributed by atoms with Crippen LogP contribution in [0.25, 0.3) is 0 Å². The summed E-state index contributed by atoms with van der Waals surface area (Å²) in [5.41, 5.74) is 2.88. The van der Waals surface area contributed by atoms with Gasteiger partial charge in [-0.15, -0.1) is 0 Å². The van der Waals surface area contributed by atoms with E-state index in [9.17, 15) is 9.59 Å². The van der Waals surface area contributed by atoms with E-state index in [-0.39, 0.29) is 18.3 Å². The maximum Gasteiger partial charge on any atom is 0.255 e. The van der Waals surface area contributed by atoms with Crippen molar-refractivity contribution in [1.29, 1.82) is 5.41 Å². The van der Waals surface area contributed by atoms with E-state index in [0.29, 0.717) is 34.2 Å². The number of allylic oxidation sites excluding steroid dienone is 2. The molecule has 26 heavy (non-hydrogen) atoms. The van der Waals surface area contributed by atoms with E-state index in [2.05, 4.69) is 18.5 Å². The molecule has 2 N–H and O–H groups in total. The minimum atomic E-state index is -0.261. The van der Waals surface area contributed by atoms with E-state index in [1.54, 1.807) is 31.3 Å². The number of carbonyl (C=O) groups excluding carboxylic acids is 2. The summed E-state index contributed by atoms with van der Waals surface area (Å²) in [5.74, 6) is -0.261. The summed E-state index contributed by atoms with van der Waals surface area (Å²) in [6.07, 6.45) is 2.21. The number of anilines is 1. The van der Waals surface area contributed by atoms with Crippen LogP contribution in [0.15, 0.2) is 73.3 Å². The molecule has 0 fully saturated rings. The van der Waals surface area contributed by atoms with Gasteiger partial charge < -0.3 is 10.2 Å². The Bertz CT molecular complexity index is 871. The first-order valence-corrected chi connectivity index (χ1v) is 8.02. The van der Waals surface area contributed by atoms with Crippen LogP contribution in [-0.4, -0.2) is 36.5 Å². The minimum absolute atomic E-state index is 0.219. The zero-order valence-corrected chi connectivity index (χ0v) is 14.7. The molecule has 132 valence electrons. The van der Waals surface area contributed by atoms with Crippen LogP contribution in [0.4, 0.5) is 5.69 Å². The van der Waals surface area contributed by atoms with Crippen LogP contribution in [0.5, 0.6) is 0 Å². The lowest BCUT2D eigenvalue weighted by molar-refractivity contribution is 0.0801. The van der Waals surface area contributed by atoms with E-state index in [4.69, 9.17) is 5.41 Å². The van der Waals surface area contributed by atoms with E-state index in [1.165, 1.54) is 11.0 Å². The monoisotopic (exact) mass is 347 g/mol. The van der Waals surface area contributed by atoms with Crippen molar-refractivity contribution < 1.29 is 9.59 Å². The number of para-hydroxylation sites is 1. The maximum absolute atomic E-state index is 12.6. The number of nitrogens with one attached hydrogen (secondary N) is 2. The summed E-state index contributed by atoms with van der Waals surface area (Å²) < 4.78 is 0. The van der Waals surface area contributed by atoms with Gasteiger partial charge in [-0.05, 0) is 17.7 Å². The molecule has 0 aliphatic rings. The molecule has 2 aromatic carbocycles. The van der Waals surface area contributed by atoms with Crippen molar-refractivity contribution in [2.24, 2.45) is 0 Å². The largest absolute Gasteiger partial charge is 0.367 e. The highest BCUT2D eigenvalue weighted by molar-refractivity contribution is 6.15. The predicted octanol–water partition coefficient (Wildman–Crippen LogP) is 3.75. The second kappa shape index (κ2) is 8.58. The molecule has 0 saturated heterocycles. The topological polar surface area (TPSA) is 73.3 Å². The summed E-state index contributed by atoms with van der Waals surface area (Å²) >= 11 is 0. The molecule has 0 saturated carbocycles. The van der Waals surface area contributed by atoms with Gasteiger partial charge in [0.25, 0.3) is 5.91 Å². The summed E-state index contributed by atoms with van der Waals surface area (Å²) in [6, 6.07) is 14.0. The van der Waals surface area contributed by atoms with Gasteiger partial charge in [0.05, 0.1) is 17.9 Å². The molecule has 5 nitrogen and oxygen atoms in total. The fourth-order valence-electron chi connectivity index (χ4n) is 2.41. The third-order valence-electron chi connectivity index (χ3n) is 3.94. The van der Waals surface area contributed by atoms with Gasteiger partial charge in [0.2, 0.25) is 0 Å². The minimum Gasteiger partial charge on any atom is -0.367 e. The first-order valence-electron chi connectivity index (χ1n) is 8.02. The van der Waals surface area contributed by atoms with Crippen LogP contribution in [0.2, 0.25) is 0 Å². The first-order chi connectivity index (χ1) is 12.5. The fourth-order valence-corrected chi connectivity index (χ4v) is 2.41. The zero-order chi connectivity index (χ0) is 19.1. The van der Waals surface area contributed by atoms with Gasteiger partial charge in [0.15, 0.2) is 6.29 Å². The number of amides is 1. The summed E-state index contributed by atoms with van der Waals surface area (Å²) in [5, 5.41) is 11.4. The van der Waals surface area contributed by atoms with Crippen LogP contribution in [0.1, 0.15) is 26.3 Å². The highest BCUT2D eigenvalue weighted by Crippen LogP contribution is 2.19. The molecule has 0 spiro atoms. The Morgan fingerprint density at radius 1 is 1.15 bits per heavy atom. The van der Waals surface area contributed by atoms with Crippen molar-refractivity contribution in [1.82, 2.24) is 4.90 Å². The summed E-state index contributed by atoms with van der Waals surface area (Å²) in [4.78, 5) is 25.2. The second-order valence-electron chi connectivity index (χ2n) is 5.69. The van der Waals surface area contributed by atoms with Gasteiger partial charge in [-0.25, -0.2) is 0 Å². The number of hydrogen-bond acceptors (Lipinski definition) is 4. The number of nitrogens with zero attached hydrogens (tertiary/aromatic N) is 1. The van der Waals surface area contributed by atoms with Gasteiger partial charge in [-0.2, -0.15) is 0 Å². The highest BCUT2D eigenvalue weighted by Gasteiger charge is 2.16. The van der Waals surface area contributed by atoms with Gasteiger partial charge in [-0.1, -0.05) is 55.6 Å². The van der Waals surface area contributed by atoms with Crippen molar-refractivity contribution in [2.75, 3.05) is 19.0 Å². The number of rotatable bonds is 8. The van der Waals surface area contributed by atoms with Crippen molar-refractivity contribution in [2.45, 2.75) is 0 Å². The Morgan fingerprint density at radius 2 is 1.77 bits per heavy atom. The molecule has 0 heterocycles. The highest BCUT2D eigenvalue weighted by atomic mass is 16.2. The van der Waals surface area contributed by atoms with Crippen molar-refractivity contribution in [3.63, 3.8) is 0 Å². The molecule has 0 aliphatic carbocycles. The third kappa shape index (κ3) is 4.13. The van der Waals surface area contributed by atoms with Crippen molar-refractivity contribution in [3.05, 3.63) is 90.0 Å². The van der Waals surface area contributed by atoms with E-state index in [1.807, 2.05) is 24.3 Å². The van der Waals surface area contributed by atoms with Crippen LogP contribution < -0.4 is 5.32 Å². The summed E-state index contributed by atoms with van der Waals surface area (Å²) in [7, 11) is 1.65. The van der Waals surface area contributed by atoms with Crippen LogP contribution >= 0.6 is 0 Å². The summed E-state index contributed by atoms with van der Waals surface area (Å²) in [6.45, 7) is 7.67. The van der Waals surface area contributed by atoms with Crippen LogP contribution in [0, 0.1) is 5.41 Å². The molecule has 5 heteroatoms. The molecule has 0 bridgehead atoms. The molecule has 0 aliphatic heterocycles. The Hall–Kier alpha value is -3.47. The van der Waals surface area contributed by atoms with Crippen molar-refractivity contribution >= 4 is 23.6 Å². The average Bonchev–Trinajstić information content (AvgIpc) is 2.70. The number of carbonyl (C=O) groups is 2. The molecule has 0 unspecified atom stereocenters. The van der Waals surface area contributed by atoms with E-state index >= 15 is 0 Å². The number of aldehydes is 1. The first kappa shape index (κ1) is 18.9. The molecule has 0 radical (unpaired) electrons. The molecule has 2 aromatic rings. The lowest BCUT2D eigenvalue weighted by atomic mass is 10.0. The lowest BCUT2D eigenvalue weighted by Gasteiger charge is -2.21. The van der Waals surface area contributed by atoms with Gasteiger partial charge in [0, 0.05) is 23.9 Å². The van der Waals surface area contributed by atoms with Gasteiger partial charge in [0.1, 0.15) is 0 Å². The smallest absolute Gasteiger partial charge is 0.255 e. The standard InChI is InChI=1S/C21H21N3O2/c1-4-15(2)20(22)18-11-7-8-12-19(18)23-14-24(3)21(26)17-10-6-5-9-16(17)13-25/h4-13,22-23H,1-2,14H2,3H3. The lowest BCUT2D eigenvalue weighted by Crippen LogP contribution is -2.32. The SMILES string of the molecule is C=CC(=C)C(=N)c1ccccc1NCN(C)C(=O)c1ccccc1C=O. The molecular weight excluding hydrogens is 326 g/mol. The van der Waals surface area contributed by atoms with Crippen LogP contribution in [0.3, 0.4) is 0 Å². The van der Waals surface area contributed by atoms with Gasteiger partial charge >= 0.3 is 0 Å².